The second-order valence-corrected chi connectivity index (χ2v) is 10.8. The smallest absolute Gasteiger partial charge is 0.234 e. The van der Waals surface area contributed by atoms with E-state index in [-0.39, 0.29) is 5.91 Å². The first-order valence-electron chi connectivity index (χ1n) is 14.2. The molecule has 1 fully saturated rings. The maximum atomic E-state index is 13.5. The van der Waals surface area contributed by atoms with Gasteiger partial charge in [0.05, 0.1) is 0 Å². The molecular weight excluding hydrogens is 478 g/mol. The normalized spacial score (nSPS) is 16.0. The summed E-state index contributed by atoms with van der Waals surface area (Å²) in [6, 6.07) is 36.4. The molecule has 0 unspecified atom stereocenters. The SMILES string of the molecule is CNC(=O)C1(CCCCN2CCN(c3ccc(-c4ccccc4)cc3)CC2)c2ccccc2-c2ccccc21. The minimum Gasteiger partial charge on any atom is -0.369 e. The summed E-state index contributed by atoms with van der Waals surface area (Å²) in [4.78, 5) is 18.6. The molecule has 0 bridgehead atoms. The third-order valence-corrected chi connectivity index (χ3v) is 8.67. The number of fused-ring (bicyclic) bond motifs is 3. The van der Waals surface area contributed by atoms with Crippen LogP contribution in [0.2, 0.25) is 0 Å². The molecule has 1 aliphatic heterocycles. The van der Waals surface area contributed by atoms with Crippen molar-refractivity contribution in [2.75, 3.05) is 44.7 Å². The highest BCUT2D eigenvalue weighted by atomic mass is 16.2. The molecule has 4 heteroatoms. The number of unbranched alkanes of at least 4 members (excludes halogenated alkanes) is 1. The Balaban J connectivity index is 1.06. The summed E-state index contributed by atoms with van der Waals surface area (Å²) < 4.78 is 0. The molecule has 0 atom stereocenters. The van der Waals surface area contributed by atoms with Gasteiger partial charge in [-0.1, -0.05) is 97.4 Å². The summed E-state index contributed by atoms with van der Waals surface area (Å²) in [5.41, 5.74) is 7.92. The van der Waals surface area contributed by atoms with Crippen molar-refractivity contribution < 1.29 is 4.79 Å². The van der Waals surface area contributed by atoms with E-state index in [1.807, 2.05) is 0 Å². The molecule has 0 radical (unpaired) electrons. The highest BCUT2D eigenvalue weighted by Gasteiger charge is 2.47. The van der Waals surface area contributed by atoms with E-state index < -0.39 is 5.41 Å². The number of benzene rings is 4. The number of hydrogen-bond donors (Lipinski definition) is 1. The first-order chi connectivity index (χ1) is 19.2. The van der Waals surface area contributed by atoms with Gasteiger partial charge in [0.1, 0.15) is 5.41 Å². The van der Waals surface area contributed by atoms with Crippen molar-refractivity contribution in [1.29, 1.82) is 0 Å². The van der Waals surface area contributed by atoms with Crippen LogP contribution in [0.3, 0.4) is 0 Å². The maximum absolute atomic E-state index is 13.5. The van der Waals surface area contributed by atoms with Crippen LogP contribution in [0.1, 0.15) is 30.4 Å². The van der Waals surface area contributed by atoms with Gasteiger partial charge in [-0.25, -0.2) is 0 Å². The molecule has 1 saturated heterocycles. The van der Waals surface area contributed by atoms with Crippen molar-refractivity contribution >= 4 is 11.6 Å². The Hall–Kier alpha value is -3.89. The third kappa shape index (κ3) is 4.74. The minimum atomic E-state index is -0.605. The van der Waals surface area contributed by atoms with E-state index in [2.05, 4.69) is 118 Å². The van der Waals surface area contributed by atoms with Crippen LogP contribution in [0, 0.1) is 0 Å². The molecule has 1 aliphatic carbocycles. The van der Waals surface area contributed by atoms with E-state index in [4.69, 9.17) is 0 Å². The Kier molecular flexibility index (Phi) is 7.21. The van der Waals surface area contributed by atoms with Crippen molar-refractivity contribution in [3.8, 4) is 22.3 Å². The lowest BCUT2D eigenvalue weighted by Crippen LogP contribution is -2.46. The van der Waals surface area contributed by atoms with E-state index in [1.165, 1.54) is 27.9 Å². The van der Waals surface area contributed by atoms with Gasteiger partial charge in [0.25, 0.3) is 0 Å². The average molecular weight is 516 g/mol. The van der Waals surface area contributed by atoms with Crippen molar-refractivity contribution in [1.82, 2.24) is 10.2 Å². The quantitative estimate of drug-likeness (QED) is 0.278. The molecule has 1 heterocycles. The predicted molar refractivity (Wildman–Crippen MR) is 161 cm³/mol. The van der Waals surface area contributed by atoms with E-state index in [0.29, 0.717) is 0 Å². The third-order valence-electron chi connectivity index (χ3n) is 8.67. The molecule has 1 amide bonds. The topological polar surface area (TPSA) is 35.6 Å². The Morgan fingerprint density at radius 1 is 0.692 bits per heavy atom. The monoisotopic (exact) mass is 515 g/mol. The molecule has 4 aromatic rings. The van der Waals surface area contributed by atoms with Crippen LogP contribution in [0.15, 0.2) is 103 Å². The number of likely N-dealkylation sites (N-methyl/N-ethyl adjacent to an activating group) is 1. The first-order valence-corrected chi connectivity index (χ1v) is 14.2. The number of piperazine rings is 1. The van der Waals surface area contributed by atoms with Crippen molar-refractivity contribution in [3.05, 3.63) is 114 Å². The molecule has 6 rings (SSSR count). The van der Waals surface area contributed by atoms with Crippen molar-refractivity contribution in [2.45, 2.75) is 24.7 Å². The fourth-order valence-corrected chi connectivity index (χ4v) is 6.62. The molecular formula is C35H37N3O. The van der Waals surface area contributed by atoms with Gasteiger partial charge in [-0.05, 0) is 64.9 Å². The molecule has 198 valence electrons. The zero-order valence-corrected chi connectivity index (χ0v) is 22.8. The van der Waals surface area contributed by atoms with Crippen LogP contribution < -0.4 is 10.2 Å². The second-order valence-electron chi connectivity index (χ2n) is 10.8. The van der Waals surface area contributed by atoms with Crippen molar-refractivity contribution in [2.24, 2.45) is 0 Å². The van der Waals surface area contributed by atoms with E-state index in [9.17, 15) is 4.79 Å². The van der Waals surface area contributed by atoms with Gasteiger partial charge in [0.15, 0.2) is 0 Å². The van der Waals surface area contributed by atoms with Gasteiger partial charge in [-0.3, -0.25) is 9.69 Å². The summed E-state index contributed by atoms with van der Waals surface area (Å²) in [6.45, 7) is 5.33. The Labute approximate surface area is 232 Å². The number of amides is 1. The zero-order valence-electron chi connectivity index (χ0n) is 22.8. The predicted octanol–water partition coefficient (Wildman–Crippen LogP) is 6.36. The Bertz CT molecular complexity index is 1380. The number of carbonyl (C=O) groups excluding carboxylic acids is 1. The Morgan fingerprint density at radius 3 is 1.87 bits per heavy atom. The standard InChI is InChI=1S/C35H37N3O/c1-36-34(39)35(32-15-7-5-13-30(32)31-14-6-8-16-33(31)35)21-9-10-22-37-23-25-38(26-24-37)29-19-17-28(18-20-29)27-11-3-2-4-12-27/h2-8,11-20H,9-10,21-26H2,1H3,(H,36,39). The molecule has 0 spiro atoms. The molecule has 0 aromatic heterocycles. The van der Waals surface area contributed by atoms with Gasteiger partial charge in [-0.2, -0.15) is 0 Å². The Morgan fingerprint density at radius 2 is 1.26 bits per heavy atom. The summed E-state index contributed by atoms with van der Waals surface area (Å²) in [5.74, 6) is 0.104. The largest absolute Gasteiger partial charge is 0.369 e. The first kappa shape index (κ1) is 25.4. The highest BCUT2D eigenvalue weighted by molar-refractivity contribution is 6.00. The maximum Gasteiger partial charge on any atom is 0.234 e. The number of rotatable bonds is 8. The van der Waals surface area contributed by atoms with Crippen LogP contribution in [-0.4, -0.2) is 50.6 Å². The summed E-state index contributed by atoms with van der Waals surface area (Å²) in [5, 5.41) is 3.00. The van der Waals surface area contributed by atoms with Crippen LogP contribution in [-0.2, 0) is 10.2 Å². The molecule has 2 aliphatic rings. The summed E-state index contributed by atoms with van der Waals surface area (Å²) in [7, 11) is 1.77. The lowest BCUT2D eigenvalue weighted by Gasteiger charge is -2.36. The molecule has 39 heavy (non-hydrogen) atoms. The number of anilines is 1. The fraction of sp³-hybridized carbons (Fsp3) is 0.286. The number of nitrogens with one attached hydrogen (secondary N) is 1. The number of hydrogen-bond acceptors (Lipinski definition) is 3. The van der Waals surface area contributed by atoms with Gasteiger partial charge < -0.3 is 10.2 Å². The second kappa shape index (κ2) is 11.1. The van der Waals surface area contributed by atoms with Crippen LogP contribution in [0.4, 0.5) is 5.69 Å². The molecule has 1 N–H and O–H groups in total. The summed E-state index contributed by atoms with van der Waals surface area (Å²) in [6.07, 6.45) is 2.93. The highest BCUT2D eigenvalue weighted by Crippen LogP contribution is 2.51. The lowest BCUT2D eigenvalue weighted by atomic mass is 9.73. The zero-order chi connectivity index (χ0) is 26.7. The molecule has 0 saturated carbocycles. The van der Waals surface area contributed by atoms with Crippen molar-refractivity contribution in [3.63, 3.8) is 0 Å². The molecule has 4 aromatic carbocycles. The van der Waals surface area contributed by atoms with E-state index >= 15 is 0 Å². The van der Waals surface area contributed by atoms with Crippen LogP contribution in [0.5, 0.6) is 0 Å². The van der Waals surface area contributed by atoms with Crippen LogP contribution in [0.25, 0.3) is 22.3 Å². The lowest BCUT2D eigenvalue weighted by molar-refractivity contribution is -0.125. The number of nitrogens with zero attached hydrogens (tertiary/aromatic N) is 2. The summed E-state index contributed by atoms with van der Waals surface area (Å²) >= 11 is 0. The average Bonchev–Trinajstić information content (AvgIpc) is 3.30. The van der Waals surface area contributed by atoms with Gasteiger partial charge in [0, 0.05) is 38.9 Å². The van der Waals surface area contributed by atoms with Gasteiger partial charge in [-0.15, -0.1) is 0 Å². The van der Waals surface area contributed by atoms with Gasteiger partial charge >= 0.3 is 0 Å². The fourth-order valence-electron chi connectivity index (χ4n) is 6.62. The van der Waals surface area contributed by atoms with E-state index in [0.717, 1.165) is 63.1 Å². The van der Waals surface area contributed by atoms with Crippen LogP contribution >= 0.6 is 0 Å². The van der Waals surface area contributed by atoms with Gasteiger partial charge in [0.2, 0.25) is 5.91 Å². The number of carbonyl (C=O) groups is 1. The minimum absolute atomic E-state index is 0.104. The molecule has 4 nitrogen and oxygen atoms in total. The van der Waals surface area contributed by atoms with E-state index in [1.54, 1.807) is 7.05 Å².